The molecular weight excluding hydrogens is 412 g/mol. The molecule has 0 unspecified atom stereocenters. The molecule has 178 valence electrons. The number of likely N-dealkylation sites (tertiary alicyclic amines) is 1. The van der Waals surface area contributed by atoms with Gasteiger partial charge < -0.3 is 20.5 Å². The van der Waals surface area contributed by atoms with Crippen molar-refractivity contribution in [2.24, 2.45) is 11.7 Å². The maximum absolute atomic E-state index is 13.0. The van der Waals surface area contributed by atoms with Crippen molar-refractivity contribution < 1.29 is 9.59 Å². The molecule has 6 nitrogen and oxygen atoms in total. The van der Waals surface area contributed by atoms with Gasteiger partial charge in [-0.1, -0.05) is 31.4 Å². The first-order chi connectivity index (χ1) is 15.9. The average Bonchev–Trinajstić information content (AvgIpc) is 3.13. The summed E-state index contributed by atoms with van der Waals surface area (Å²) in [6, 6.07) is 10.7. The van der Waals surface area contributed by atoms with Crippen molar-refractivity contribution >= 4 is 17.5 Å². The number of rotatable bonds is 7. The highest BCUT2D eigenvalue weighted by Gasteiger charge is 2.24. The van der Waals surface area contributed by atoms with E-state index in [0.717, 1.165) is 55.8 Å². The van der Waals surface area contributed by atoms with E-state index in [1.54, 1.807) is 0 Å². The van der Waals surface area contributed by atoms with Gasteiger partial charge in [0.1, 0.15) is 0 Å². The molecule has 2 amide bonds. The molecule has 1 aromatic carbocycles. The predicted molar refractivity (Wildman–Crippen MR) is 132 cm³/mol. The number of carbonyl (C=O) groups excluding carboxylic acids is 2. The lowest BCUT2D eigenvalue weighted by atomic mass is 9.95. The SMILES string of the molecule is Cc1cc(C(=O)Nc2ccc(CCN3CCC(C(N)=O)CC3)cc2)c(C)n1C1CCCCC1. The second-order valence-electron chi connectivity index (χ2n) is 9.87. The molecule has 1 aliphatic carbocycles. The number of aromatic nitrogens is 1. The molecule has 2 heterocycles. The van der Waals surface area contributed by atoms with Crippen LogP contribution in [0.5, 0.6) is 0 Å². The van der Waals surface area contributed by atoms with E-state index in [4.69, 9.17) is 5.73 Å². The normalized spacial score (nSPS) is 18.4. The molecule has 1 aromatic heterocycles. The summed E-state index contributed by atoms with van der Waals surface area (Å²) >= 11 is 0. The van der Waals surface area contributed by atoms with E-state index in [-0.39, 0.29) is 17.7 Å². The van der Waals surface area contributed by atoms with Crippen LogP contribution in [0.1, 0.15) is 78.3 Å². The summed E-state index contributed by atoms with van der Waals surface area (Å²) in [6.45, 7) is 7.03. The monoisotopic (exact) mass is 450 g/mol. The number of anilines is 1. The summed E-state index contributed by atoms with van der Waals surface area (Å²) < 4.78 is 2.38. The molecule has 1 saturated carbocycles. The maximum Gasteiger partial charge on any atom is 0.257 e. The summed E-state index contributed by atoms with van der Waals surface area (Å²) in [5.74, 6) is -0.158. The van der Waals surface area contributed by atoms with Gasteiger partial charge in [-0.3, -0.25) is 9.59 Å². The highest BCUT2D eigenvalue weighted by Crippen LogP contribution is 2.32. The van der Waals surface area contributed by atoms with E-state index in [1.165, 1.54) is 43.4 Å². The van der Waals surface area contributed by atoms with Gasteiger partial charge >= 0.3 is 0 Å². The minimum absolute atomic E-state index is 0.0322. The van der Waals surface area contributed by atoms with E-state index in [9.17, 15) is 9.59 Å². The Hall–Kier alpha value is -2.60. The second kappa shape index (κ2) is 10.6. The van der Waals surface area contributed by atoms with Crippen LogP contribution in [0.15, 0.2) is 30.3 Å². The Kier molecular flexibility index (Phi) is 7.53. The van der Waals surface area contributed by atoms with Crippen LogP contribution in [-0.2, 0) is 11.2 Å². The molecule has 1 saturated heterocycles. The van der Waals surface area contributed by atoms with Gasteiger partial charge in [-0.05, 0) is 82.8 Å². The van der Waals surface area contributed by atoms with Gasteiger partial charge in [-0.15, -0.1) is 0 Å². The summed E-state index contributed by atoms with van der Waals surface area (Å²) in [5.41, 5.74) is 10.5. The minimum Gasteiger partial charge on any atom is -0.369 e. The molecular formula is C27H38N4O2. The van der Waals surface area contributed by atoms with Crippen LogP contribution < -0.4 is 11.1 Å². The largest absolute Gasteiger partial charge is 0.369 e. The zero-order valence-electron chi connectivity index (χ0n) is 20.1. The van der Waals surface area contributed by atoms with Crippen molar-refractivity contribution in [3.63, 3.8) is 0 Å². The van der Waals surface area contributed by atoms with Crippen molar-refractivity contribution in [2.75, 3.05) is 25.0 Å². The molecule has 6 heteroatoms. The molecule has 2 aliphatic rings. The Balaban J connectivity index is 1.31. The molecule has 0 spiro atoms. The number of piperidine rings is 1. The fourth-order valence-electron chi connectivity index (χ4n) is 5.59. The second-order valence-corrected chi connectivity index (χ2v) is 9.87. The lowest BCUT2D eigenvalue weighted by Crippen LogP contribution is -2.39. The van der Waals surface area contributed by atoms with Gasteiger partial charge in [0.15, 0.2) is 0 Å². The maximum atomic E-state index is 13.0. The summed E-state index contributed by atoms with van der Waals surface area (Å²) in [4.78, 5) is 26.7. The number of hydrogen-bond acceptors (Lipinski definition) is 3. The number of nitrogens with two attached hydrogens (primary N) is 1. The molecule has 0 radical (unpaired) electrons. The van der Waals surface area contributed by atoms with Crippen molar-refractivity contribution in [3.8, 4) is 0 Å². The number of benzene rings is 1. The third-order valence-electron chi connectivity index (χ3n) is 7.59. The van der Waals surface area contributed by atoms with Crippen LogP contribution >= 0.6 is 0 Å². The molecule has 0 bridgehead atoms. The zero-order valence-corrected chi connectivity index (χ0v) is 20.1. The molecule has 2 aromatic rings. The number of amides is 2. The van der Waals surface area contributed by atoms with E-state index >= 15 is 0 Å². The Morgan fingerprint density at radius 1 is 1.00 bits per heavy atom. The van der Waals surface area contributed by atoms with Crippen molar-refractivity contribution in [3.05, 3.63) is 52.8 Å². The first kappa shape index (κ1) is 23.6. The van der Waals surface area contributed by atoms with E-state index in [0.29, 0.717) is 6.04 Å². The number of nitrogens with zero attached hydrogens (tertiary/aromatic N) is 2. The number of aryl methyl sites for hydroxylation is 1. The molecule has 0 atom stereocenters. The summed E-state index contributed by atoms with van der Waals surface area (Å²) in [5, 5.41) is 3.08. The van der Waals surface area contributed by atoms with Crippen LogP contribution in [0.4, 0.5) is 5.69 Å². The fourth-order valence-corrected chi connectivity index (χ4v) is 5.59. The zero-order chi connectivity index (χ0) is 23.4. The van der Waals surface area contributed by atoms with Crippen LogP contribution in [0.25, 0.3) is 0 Å². The van der Waals surface area contributed by atoms with Crippen molar-refractivity contribution in [1.82, 2.24) is 9.47 Å². The van der Waals surface area contributed by atoms with Crippen molar-refractivity contribution in [2.45, 2.75) is 71.3 Å². The first-order valence-corrected chi connectivity index (χ1v) is 12.5. The third kappa shape index (κ3) is 5.67. The van der Waals surface area contributed by atoms with Gasteiger partial charge in [0.25, 0.3) is 5.91 Å². The standard InChI is InChI=1S/C27H38N4O2/c1-19-18-25(20(2)31(19)24-6-4-3-5-7-24)27(33)29-23-10-8-21(9-11-23)12-15-30-16-13-22(14-17-30)26(28)32/h8-11,18,22,24H,3-7,12-17H2,1-2H3,(H2,28,32)(H,29,33). The lowest BCUT2D eigenvalue weighted by molar-refractivity contribution is -0.123. The van der Waals surface area contributed by atoms with Crippen LogP contribution in [0.2, 0.25) is 0 Å². The van der Waals surface area contributed by atoms with Gasteiger partial charge in [0.05, 0.1) is 5.56 Å². The number of hydrogen-bond donors (Lipinski definition) is 2. The number of carbonyl (C=O) groups is 2. The van der Waals surface area contributed by atoms with E-state index in [1.807, 2.05) is 18.2 Å². The van der Waals surface area contributed by atoms with Gasteiger partial charge in [-0.25, -0.2) is 0 Å². The highest BCUT2D eigenvalue weighted by molar-refractivity contribution is 6.05. The smallest absolute Gasteiger partial charge is 0.257 e. The lowest BCUT2D eigenvalue weighted by Gasteiger charge is -2.30. The van der Waals surface area contributed by atoms with Crippen LogP contribution in [-0.4, -0.2) is 40.9 Å². The van der Waals surface area contributed by atoms with Gasteiger partial charge in [-0.2, -0.15) is 0 Å². The summed E-state index contributed by atoms with van der Waals surface area (Å²) in [6.07, 6.45) is 8.99. The Morgan fingerprint density at radius 3 is 2.30 bits per heavy atom. The fraction of sp³-hybridized carbons (Fsp3) is 0.556. The Bertz CT molecular complexity index is 965. The molecule has 4 rings (SSSR count). The first-order valence-electron chi connectivity index (χ1n) is 12.5. The average molecular weight is 451 g/mol. The quantitative estimate of drug-likeness (QED) is 0.647. The van der Waals surface area contributed by atoms with E-state index in [2.05, 4.69) is 40.8 Å². The Labute approximate surface area is 197 Å². The Morgan fingerprint density at radius 2 is 1.67 bits per heavy atom. The topological polar surface area (TPSA) is 80.4 Å². The van der Waals surface area contributed by atoms with Crippen LogP contribution in [0.3, 0.4) is 0 Å². The minimum atomic E-state index is -0.164. The molecule has 2 fully saturated rings. The van der Waals surface area contributed by atoms with E-state index < -0.39 is 0 Å². The van der Waals surface area contributed by atoms with Crippen molar-refractivity contribution in [1.29, 1.82) is 0 Å². The van der Waals surface area contributed by atoms with Gasteiger partial charge in [0.2, 0.25) is 5.91 Å². The highest BCUT2D eigenvalue weighted by atomic mass is 16.2. The molecule has 33 heavy (non-hydrogen) atoms. The number of primary amides is 1. The predicted octanol–water partition coefficient (Wildman–Crippen LogP) is 4.60. The summed E-state index contributed by atoms with van der Waals surface area (Å²) in [7, 11) is 0. The number of nitrogens with one attached hydrogen (secondary N) is 1. The third-order valence-corrected chi connectivity index (χ3v) is 7.59. The van der Waals surface area contributed by atoms with Crippen LogP contribution in [0, 0.1) is 19.8 Å². The molecule has 1 aliphatic heterocycles. The van der Waals surface area contributed by atoms with Gasteiger partial charge in [0, 0.05) is 35.6 Å². The molecule has 3 N–H and O–H groups in total.